The average Bonchev–Trinajstić information content (AvgIpc) is 2.44. The maximum absolute atomic E-state index is 11.5. The van der Waals surface area contributed by atoms with Gasteiger partial charge in [0.2, 0.25) is 0 Å². The monoisotopic (exact) mass is 468 g/mol. The van der Waals surface area contributed by atoms with Crippen LogP contribution in [0.15, 0.2) is 41.5 Å². The van der Waals surface area contributed by atoms with Crippen molar-refractivity contribution in [2.45, 2.75) is 40.2 Å². The first-order valence-electron chi connectivity index (χ1n) is 8.24. The van der Waals surface area contributed by atoms with E-state index in [1.54, 1.807) is 6.07 Å². The summed E-state index contributed by atoms with van der Waals surface area (Å²) in [6.07, 6.45) is 5.41. The van der Waals surface area contributed by atoms with E-state index in [0.29, 0.717) is 0 Å². The molecule has 0 fully saturated rings. The molecule has 0 aromatic heterocycles. The van der Waals surface area contributed by atoms with Gasteiger partial charge in [-0.15, -0.1) is 0 Å². The molecule has 1 aromatic rings. The van der Waals surface area contributed by atoms with Gasteiger partial charge in [-0.2, -0.15) is 0 Å². The van der Waals surface area contributed by atoms with Crippen LogP contribution in [0.1, 0.15) is 44.7 Å². The van der Waals surface area contributed by atoms with Crippen molar-refractivity contribution in [3.8, 4) is 0 Å². The van der Waals surface area contributed by atoms with Crippen LogP contribution < -0.4 is 103 Å². The Morgan fingerprint density at radius 2 is 1.69 bits per heavy atom. The summed E-state index contributed by atoms with van der Waals surface area (Å²) < 4.78 is 27.2. The number of rotatable bonds is 10. The van der Waals surface area contributed by atoms with Gasteiger partial charge in [-0.25, -0.2) is 0 Å². The van der Waals surface area contributed by atoms with Crippen LogP contribution in [-0.2, 0) is 20.5 Å². The first kappa shape index (κ1) is 35.6. The summed E-state index contributed by atoms with van der Waals surface area (Å²) in [7, 11) is -9.49. The number of ether oxygens (including phenoxy) is 1. The zero-order valence-corrected chi connectivity index (χ0v) is 26.1. The van der Waals surface area contributed by atoms with E-state index in [2.05, 4.69) is 32.9 Å². The predicted molar refractivity (Wildman–Crippen MR) is 98.5 cm³/mol. The molecule has 0 aliphatic heterocycles. The Morgan fingerprint density at radius 1 is 1.07 bits per heavy atom. The van der Waals surface area contributed by atoms with Crippen LogP contribution >= 0.6 is 15.0 Å². The molecule has 29 heavy (non-hydrogen) atoms. The average molecular weight is 468 g/mol. The van der Waals surface area contributed by atoms with E-state index in [1.807, 2.05) is 18.2 Å². The fourth-order valence-electron chi connectivity index (χ4n) is 2.33. The number of hydrogen-bond donors (Lipinski definition) is 0. The molecular formula is C18H25Na3O6P2. The molecule has 0 heterocycles. The molecule has 146 valence electrons. The third-order valence-electron chi connectivity index (χ3n) is 3.40. The van der Waals surface area contributed by atoms with Crippen LogP contribution in [0.2, 0.25) is 0 Å². The fraction of sp³-hybridized carbons (Fsp3) is 0.444. The smallest absolute Gasteiger partial charge is 0.810 e. The van der Waals surface area contributed by atoms with E-state index in [0.717, 1.165) is 24.0 Å². The molecule has 1 aromatic carbocycles. The Hall–Kier alpha value is 2.00. The Morgan fingerprint density at radius 3 is 2.24 bits per heavy atom. The van der Waals surface area contributed by atoms with E-state index in [9.17, 15) is 23.8 Å². The molecule has 0 bridgehead atoms. The minimum Gasteiger partial charge on any atom is -0.810 e. The van der Waals surface area contributed by atoms with Gasteiger partial charge in [-0.1, -0.05) is 49.1 Å². The molecular weight excluding hydrogens is 443 g/mol. The van der Waals surface area contributed by atoms with Crippen molar-refractivity contribution >= 4 is 21.0 Å². The Balaban J connectivity index is -0.00000225. The van der Waals surface area contributed by atoms with Crippen LogP contribution in [0.5, 0.6) is 0 Å². The van der Waals surface area contributed by atoms with Crippen LogP contribution in [0.3, 0.4) is 0 Å². The molecule has 0 aliphatic carbocycles. The van der Waals surface area contributed by atoms with E-state index in [-0.39, 0.29) is 95.3 Å². The molecule has 0 amide bonds. The molecule has 1 unspecified atom stereocenters. The van der Waals surface area contributed by atoms with Gasteiger partial charge in [-0.05, 0) is 50.8 Å². The number of allylic oxidation sites excluding steroid dienone is 3. The third-order valence-corrected chi connectivity index (χ3v) is 7.09. The van der Waals surface area contributed by atoms with Gasteiger partial charge in [0.25, 0.3) is 0 Å². The minimum atomic E-state index is -5.11. The Bertz CT molecular complexity index is 758. The second-order valence-corrected chi connectivity index (χ2v) is 10.8. The van der Waals surface area contributed by atoms with Gasteiger partial charge in [0, 0.05) is 13.3 Å². The maximum Gasteiger partial charge on any atom is 1.00 e. The molecule has 0 saturated carbocycles. The molecule has 1 atom stereocenters. The predicted octanol–water partition coefficient (Wildman–Crippen LogP) is -6.17. The zero-order valence-electron chi connectivity index (χ0n) is 18.3. The maximum atomic E-state index is 11.5. The van der Waals surface area contributed by atoms with Crippen molar-refractivity contribution < 1.29 is 117 Å². The second kappa shape index (κ2) is 17.5. The molecule has 11 heteroatoms. The Kier molecular flexibility index (Phi) is 21.4. The van der Waals surface area contributed by atoms with Crippen molar-refractivity contribution in [1.29, 1.82) is 0 Å². The van der Waals surface area contributed by atoms with Crippen molar-refractivity contribution in [2.75, 3.05) is 12.3 Å². The van der Waals surface area contributed by atoms with Crippen LogP contribution in [0, 0.1) is 0 Å². The van der Waals surface area contributed by atoms with E-state index >= 15 is 0 Å². The minimum absolute atomic E-state index is 0. The van der Waals surface area contributed by atoms with Crippen molar-refractivity contribution in [3.05, 3.63) is 52.6 Å². The van der Waals surface area contributed by atoms with Crippen molar-refractivity contribution in [3.63, 3.8) is 0 Å². The molecule has 0 aliphatic rings. The van der Waals surface area contributed by atoms with Gasteiger partial charge in [0.05, 0.1) is 13.0 Å². The van der Waals surface area contributed by atoms with Gasteiger partial charge in [0.1, 0.15) is 0 Å². The number of benzene rings is 1. The van der Waals surface area contributed by atoms with Gasteiger partial charge < -0.3 is 28.5 Å². The molecule has 1 rings (SSSR count). The van der Waals surface area contributed by atoms with Gasteiger partial charge >= 0.3 is 88.7 Å². The third kappa shape index (κ3) is 19.2. The summed E-state index contributed by atoms with van der Waals surface area (Å²) >= 11 is 0. The van der Waals surface area contributed by atoms with Gasteiger partial charge in [0.15, 0.2) is 0 Å². The van der Waals surface area contributed by atoms with E-state index in [1.165, 1.54) is 11.1 Å². The molecule has 0 radical (unpaired) electrons. The van der Waals surface area contributed by atoms with Crippen LogP contribution in [0.25, 0.3) is 6.08 Å². The quantitative estimate of drug-likeness (QED) is 0.192. The molecule has 0 spiro atoms. The van der Waals surface area contributed by atoms with Gasteiger partial charge in [-0.3, -0.25) is 0 Å². The number of hydrogen-bond acceptors (Lipinski definition) is 6. The standard InChI is InChI=1S/C18H28O6P2.3Na/c1-15(2)6-4-7-16(3)10-17-8-5-9-18(11-17)12-24-13-25(19,20)14-26(21,22)23;;;/h5-6,8-11H,4,7,12-14H2,1-3H3,(H,19,20)(H2,21,22,23);;;/q;3*+1/p-3/b16-10+;;;. The summed E-state index contributed by atoms with van der Waals surface area (Å²) in [6.45, 7) is 6.21. The van der Waals surface area contributed by atoms with Crippen molar-refractivity contribution in [1.82, 2.24) is 0 Å². The van der Waals surface area contributed by atoms with E-state index < -0.39 is 27.2 Å². The molecule has 0 saturated heterocycles. The summed E-state index contributed by atoms with van der Waals surface area (Å²) in [5, 5.41) is 0. The normalized spacial score (nSPS) is 13.2. The molecule has 6 nitrogen and oxygen atoms in total. The largest absolute Gasteiger partial charge is 1.00 e. The zero-order chi connectivity index (χ0) is 19.8. The van der Waals surface area contributed by atoms with Crippen molar-refractivity contribution in [2.24, 2.45) is 0 Å². The summed E-state index contributed by atoms with van der Waals surface area (Å²) in [5.41, 5.74) is 4.27. The first-order chi connectivity index (χ1) is 12.0. The SMILES string of the molecule is CC(C)=CCC/C(C)=C/c1cccc(COCP(=O)([O-])CP(=O)([O-])[O-])c1.[Na+].[Na+].[Na+]. The topological polar surface area (TPSA) is 113 Å². The fourth-order valence-corrected chi connectivity index (χ4v) is 5.13. The Labute approximate surface area is 240 Å². The van der Waals surface area contributed by atoms with Crippen LogP contribution in [-0.4, -0.2) is 12.3 Å². The second-order valence-electron chi connectivity index (χ2n) is 6.60. The summed E-state index contributed by atoms with van der Waals surface area (Å²) in [5.74, 6) is -1.40. The van der Waals surface area contributed by atoms with Crippen LogP contribution in [0.4, 0.5) is 0 Å². The summed E-state index contributed by atoms with van der Waals surface area (Å²) in [6, 6.07) is 7.45. The first-order valence-corrected chi connectivity index (χ1v) is 12.0. The summed E-state index contributed by atoms with van der Waals surface area (Å²) in [4.78, 5) is 32.7. The molecule has 0 N–H and O–H groups in total. The van der Waals surface area contributed by atoms with E-state index in [4.69, 9.17) is 4.74 Å².